The van der Waals surface area contributed by atoms with Crippen molar-refractivity contribution in [3.05, 3.63) is 0 Å². The number of rotatable bonds is 12. The standard InChI is InChI=1S/C12H26O4S2/c1-3-4-5-6-7-8-9-10-11-17(2)12-16-18(13,14)15/h3-12H2,1-2H3/p+1. The molecule has 0 saturated carbocycles. The van der Waals surface area contributed by atoms with E-state index in [1.807, 2.05) is 6.26 Å². The van der Waals surface area contributed by atoms with Crippen LogP contribution in [0.5, 0.6) is 0 Å². The molecule has 110 valence electrons. The molecule has 0 rings (SSSR count). The predicted octanol–water partition coefficient (Wildman–Crippen LogP) is 3.15. The second kappa shape index (κ2) is 11.1. The molecule has 1 atom stereocenters. The van der Waals surface area contributed by atoms with E-state index < -0.39 is 10.4 Å². The molecule has 18 heavy (non-hydrogen) atoms. The monoisotopic (exact) mass is 299 g/mol. The maximum atomic E-state index is 10.4. The minimum atomic E-state index is -4.26. The fraction of sp³-hybridized carbons (Fsp3) is 1.00. The van der Waals surface area contributed by atoms with Crippen LogP contribution in [0.2, 0.25) is 0 Å². The van der Waals surface area contributed by atoms with Crippen molar-refractivity contribution in [1.82, 2.24) is 0 Å². The van der Waals surface area contributed by atoms with E-state index in [-0.39, 0.29) is 16.8 Å². The van der Waals surface area contributed by atoms with Gasteiger partial charge in [-0.1, -0.05) is 45.4 Å². The van der Waals surface area contributed by atoms with E-state index in [2.05, 4.69) is 11.1 Å². The summed E-state index contributed by atoms with van der Waals surface area (Å²) in [4.78, 5) is 0. The molecule has 0 radical (unpaired) electrons. The van der Waals surface area contributed by atoms with Gasteiger partial charge in [-0.05, 0) is 12.8 Å². The van der Waals surface area contributed by atoms with Gasteiger partial charge in [0.05, 0.1) is 6.26 Å². The average molecular weight is 299 g/mol. The number of hydrogen-bond donors (Lipinski definition) is 1. The van der Waals surface area contributed by atoms with Gasteiger partial charge in [0.2, 0.25) is 5.94 Å². The van der Waals surface area contributed by atoms with Gasteiger partial charge < -0.3 is 0 Å². The first-order valence-electron chi connectivity index (χ1n) is 6.66. The maximum Gasteiger partial charge on any atom is 0.401 e. The van der Waals surface area contributed by atoms with Gasteiger partial charge in [-0.3, -0.25) is 4.55 Å². The summed E-state index contributed by atoms with van der Waals surface area (Å²) < 4.78 is 33.5. The third-order valence-corrected chi connectivity index (χ3v) is 4.82. The molecular formula is C12H27O4S2+. The van der Waals surface area contributed by atoms with E-state index in [1.165, 1.54) is 44.9 Å². The molecule has 0 aliphatic carbocycles. The molecule has 0 heterocycles. The number of hydrogen-bond acceptors (Lipinski definition) is 3. The summed E-state index contributed by atoms with van der Waals surface area (Å²) in [6.07, 6.45) is 12.1. The average Bonchev–Trinajstić information content (AvgIpc) is 2.29. The van der Waals surface area contributed by atoms with E-state index in [1.54, 1.807) is 0 Å². The Morgan fingerprint density at radius 2 is 1.50 bits per heavy atom. The van der Waals surface area contributed by atoms with Gasteiger partial charge in [-0.15, -0.1) is 0 Å². The molecule has 0 fully saturated rings. The molecule has 0 aliphatic heterocycles. The third-order valence-electron chi connectivity index (χ3n) is 2.74. The molecule has 0 aliphatic rings. The van der Waals surface area contributed by atoms with Gasteiger partial charge in [0.1, 0.15) is 5.75 Å². The SMILES string of the molecule is CCCCCCCCCC[S+](C)COS(=O)(=O)O. The van der Waals surface area contributed by atoms with Gasteiger partial charge in [0, 0.05) is 10.9 Å². The zero-order valence-electron chi connectivity index (χ0n) is 11.6. The summed E-state index contributed by atoms with van der Waals surface area (Å²) >= 11 is 0. The van der Waals surface area contributed by atoms with Crippen LogP contribution in [-0.2, 0) is 25.5 Å². The zero-order valence-corrected chi connectivity index (χ0v) is 13.2. The fourth-order valence-corrected chi connectivity index (χ4v) is 3.64. The summed E-state index contributed by atoms with van der Waals surface area (Å²) in [6, 6.07) is 0. The Bertz CT molecular complexity index is 278. The second-order valence-corrected chi connectivity index (χ2v) is 7.92. The lowest BCUT2D eigenvalue weighted by atomic mass is 10.1. The van der Waals surface area contributed by atoms with Gasteiger partial charge in [-0.2, -0.15) is 12.6 Å². The highest BCUT2D eigenvalue weighted by Crippen LogP contribution is 2.09. The van der Waals surface area contributed by atoms with Crippen LogP contribution < -0.4 is 0 Å². The maximum absolute atomic E-state index is 10.4. The first kappa shape index (κ1) is 18.2. The fourth-order valence-electron chi connectivity index (χ4n) is 1.68. The van der Waals surface area contributed by atoms with Crippen molar-refractivity contribution in [1.29, 1.82) is 0 Å². The van der Waals surface area contributed by atoms with Crippen LogP contribution >= 0.6 is 0 Å². The Kier molecular flexibility index (Phi) is 11.2. The molecular weight excluding hydrogens is 272 g/mol. The van der Waals surface area contributed by atoms with Crippen molar-refractivity contribution >= 4 is 21.3 Å². The number of unbranched alkanes of at least 4 members (excludes halogenated alkanes) is 7. The normalized spacial score (nSPS) is 13.7. The van der Waals surface area contributed by atoms with Gasteiger partial charge >= 0.3 is 10.4 Å². The van der Waals surface area contributed by atoms with E-state index in [9.17, 15) is 8.42 Å². The predicted molar refractivity (Wildman–Crippen MR) is 78.3 cm³/mol. The lowest BCUT2D eigenvalue weighted by Gasteiger charge is -2.03. The highest BCUT2D eigenvalue weighted by Gasteiger charge is 2.15. The Labute approximate surface area is 115 Å². The van der Waals surface area contributed by atoms with Crippen molar-refractivity contribution in [2.75, 3.05) is 17.9 Å². The molecule has 0 aromatic rings. The first-order valence-corrected chi connectivity index (χ1v) is 10.0. The largest absolute Gasteiger partial charge is 0.401 e. The Morgan fingerprint density at radius 3 is 2.00 bits per heavy atom. The van der Waals surface area contributed by atoms with Crippen molar-refractivity contribution in [3.63, 3.8) is 0 Å². The summed E-state index contributed by atoms with van der Waals surface area (Å²) in [5.41, 5.74) is 0. The van der Waals surface area contributed by atoms with Gasteiger partial charge in [0.15, 0.2) is 0 Å². The Morgan fingerprint density at radius 1 is 1.00 bits per heavy atom. The van der Waals surface area contributed by atoms with Crippen LogP contribution in [-0.4, -0.2) is 30.9 Å². The summed E-state index contributed by atoms with van der Waals surface area (Å²) in [6.45, 7) is 2.22. The molecule has 4 nitrogen and oxygen atoms in total. The quantitative estimate of drug-likeness (QED) is 0.341. The topological polar surface area (TPSA) is 63.6 Å². The minimum Gasteiger partial charge on any atom is -0.263 e. The van der Waals surface area contributed by atoms with Gasteiger partial charge in [0.25, 0.3) is 0 Å². The summed E-state index contributed by atoms with van der Waals surface area (Å²) in [5, 5.41) is 0. The molecule has 0 aromatic carbocycles. The summed E-state index contributed by atoms with van der Waals surface area (Å²) in [7, 11) is -4.35. The first-order chi connectivity index (χ1) is 8.45. The molecule has 0 amide bonds. The molecule has 0 bridgehead atoms. The highest BCUT2D eigenvalue weighted by molar-refractivity contribution is 7.96. The molecule has 1 N–H and O–H groups in total. The van der Waals surface area contributed by atoms with Crippen LogP contribution in [0.25, 0.3) is 0 Å². The molecule has 0 saturated heterocycles. The van der Waals surface area contributed by atoms with Crippen LogP contribution in [0.1, 0.15) is 58.3 Å². The van der Waals surface area contributed by atoms with E-state index in [0.717, 1.165) is 12.2 Å². The lowest BCUT2D eigenvalue weighted by Crippen LogP contribution is -2.16. The molecule has 0 aromatic heterocycles. The Hall–Kier alpha value is 0.220. The van der Waals surface area contributed by atoms with Crippen LogP contribution in [0.4, 0.5) is 0 Å². The van der Waals surface area contributed by atoms with E-state index in [4.69, 9.17) is 4.55 Å². The molecule has 6 heteroatoms. The van der Waals surface area contributed by atoms with Crippen molar-refractivity contribution in [3.8, 4) is 0 Å². The highest BCUT2D eigenvalue weighted by atomic mass is 32.3. The van der Waals surface area contributed by atoms with Crippen molar-refractivity contribution in [2.45, 2.75) is 58.3 Å². The minimum absolute atomic E-state index is 0.0881. The Balaban J connectivity index is 3.28. The van der Waals surface area contributed by atoms with E-state index in [0.29, 0.717) is 0 Å². The zero-order chi connectivity index (χ0) is 13.9. The van der Waals surface area contributed by atoms with Crippen LogP contribution in [0, 0.1) is 0 Å². The summed E-state index contributed by atoms with van der Waals surface area (Å²) in [5.74, 6) is 1.08. The van der Waals surface area contributed by atoms with E-state index >= 15 is 0 Å². The molecule has 0 spiro atoms. The van der Waals surface area contributed by atoms with Crippen LogP contribution in [0.3, 0.4) is 0 Å². The second-order valence-electron chi connectivity index (χ2n) is 4.62. The van der Waals surface area contributed by atoms with Gasteiger partial charge in [-0.25, -0.2) is 0 Å². The van der Waals surface area contributed by atoms with Crippen molar-refractivity contribution in [2.24, 2.45) is 0 Å². The van der Waals surface area contributed by atoms with Crippen LogP contribution in [0.15, 0.2) is 0 Å². The lowest BCUT2D eigenvalue weighted by molar-refractivity contribution is 0.312. The van der Waals surface area contributed by atoms with Crippen molar-refractivity contribution < 1.29 is 17.2 Å². The molecule has 1 unspecified atom stereocenters. The third kappa shape index (κ3) is 14.3. The smallest absolute Gasteiger partial charge is 0.263 e.